The molecule has 0 saturated heterocycles. The van der Waals surface area contributed by atoms with E-state index in [1.165, 1.54) is 7.11 Å². The summed E-state index contributed by atoms with van der Waals surface area (Å²) in [5.74, 6) is 0. The Bertz CT molecular complexity index is 55.5. The van der Waals surface area contributed by atoms with Crippen LogP contribution in [0, 0.1) is 0 Å². The van der Waals surface area contributed by atoms with Crippen molar-refractivity contribution in [1.82, 2.24) is 0 Å². The van der Waals surface area contributed by atoms with Gasteiger partial charge in [0.1, 0.15) is 0 Å². The highest BCUT2D eigenvalue weighted by Gasteiger charge is 1.89. The minimum atomic E-state index is -0.544. The number of halogens is 1. The maximum Gasteiger partial charge on any atom is 0.306 e. The number of hydrogen-bond donors (Lipinski definition) is 0. The molecule has 0 rings (SSSR count). The minimum Gasteiger partial charge on any atom is -0.310 e. The Morgan fingerprint density at radius 1 is 2.00 bits per heavy atom. The van der Waals surface area contributed by atoms with Crippen molar-refractivity contribution >= 4 is 28.2 Å². The van der Waals surface area contributed by atoms with Gasteiger partial charge in [0.15, 0.2) is 0 Å². The average molecular weight is 127 g/mol. The van der Waals surface area contributed by atoms with E-state index in [9.17, 15) is 4.79 Å². The highest BCUT2D eigenvalue weighted by Crippen LogP contribution is 2.04. The number of carbonyl (C=O) groups is 1. The molecule has 0 spiro atoms. The predicted molar refractivity (Wildman–Crippen MR) is 25.8 cm³/mol. The van der Waals surface area contributed by atoms with E-state index in [0.29, 0.717) is 12.0 Å². The monoisotopic (exact) mass is 126 g/mol. The van der Waals surface area contributed by atoms with E-state index in [4.69, 9.17) is 11.6 Å². The van der Waals surface area contributed by atoms with Gasteiger partial charge in [0, 0.05) is 0 Å². The van der Waals surface area contributed by atoms with Crippen molar-refractivity contribution in [2.75, 3.05) is 7.11 Å². The second-order valence-electron chi connectivity index (χ2n) is 0.488. The zero-order chi connectivity index (χ0) is 4.99. The van der Waals surface area contributed by atoms with Gasteiger partial charge in [-0.05, 0) is 11.6 Å². The van der Waals surface area contributed by atoms with E-state index in [-0.39, 0.29) is 0 Å². The van der Waals surface area contributed by atoms with Crippen LogP contribution < -0.4 is 0 Å². The fraction of sp³-hybridized carbons (Fsp3) is 0.500. The zero-order valence-corrected chi connectivity index (χ0v) is 4.68. The van der Waals surface area contributed by atoms with Gasteiger partial charge in [-0.2, -0.15) is 0 Å². The average Bonchev–Trinajstić information content (AvgIpc) is 1.35. The molecule has 0 bridgehead atoms. The number of rotatable bonds is 1. The maximum absolute atomic E-state index is 9.65. The SMILES string of the molecule is COSC(=O)Cl. The van der Waals surface area contributed by atoms with Gasteiger partial charge in [0.05, 0.1) is 19.2 Å². The van der Waals surface area contributed by atoms with Crippen LogP contribution in [-0.2, 0) is 4.18 Å². The van der Waals surface area contributed by atoms with E-state index in [2.05, 4.69) is 4.18 Å². The molecule has 0 atom stereocenters. The summed E-state index contributed by atoms with van der Waals surface area (Å²) in [6.07, 6.45) is 0. The molecule has 0 aromatic rings. The summed E-state index contributed by atoms with van der Waals surface area (Å²) in [5.41, 5.74) is 0. The molecule has 0 radical (unpaired) electrons. The van der Waals surface area contributed by atoms with E-state index in [1.807, 2.05) is 0 Å². The third-order valence-corrected chi connectivity index (χ3v) is 0.636. The molecule has 0 N–H and O–H groups in total. The van der Waals surface area contributed by atoms with Crippen LogP contribution in [0.2, 0.25) is 0 Å². The topological polar surface area (TPSA) is 26.3 Å². The highest BCUT2D eigenvalue weighted by atomic mass is 35.5. The Morgan fingerprint density at radius 2 is 2.50 bits per heavy atom. The van der Waals surface area contributed by atoms with Crippen molar-refractivity contribution < 1.29 is 8.98 Å². The molecule has 36 valence electrons. The van der Waals surface area contributed by atoms with E-state index in [1.54, 1.807) is 0 Å². The molecule has 0 aromatic carbocycles. The third kappa shape index (κ3) is 4.27. The lowest BCUT2D eigenvalue weighted by Gasteiger charge is -1.80. The minimum absolute atomic E-state index is 0.544. The molecule has 0 unspecified atom stereocenters. The fourth-order valence-electron chi connectivity index (χ4n) is 0.0655. The molecular weight excluding hydrogens is 124 g/mol. The summed E-state index contributed by atoms with van der Waals surface area (Å²) in [6, 6.07) is 0. The van der Waals surface area contributed by atoms with Gasteiger partial charge in [0.2, 0.25) is 0 Å². The molecular formula is C2H3ClO2S. The fourth-order valence-corrected chi connectivity index (χ4v) is 0.386. The molecule has 0 aliphatic carbocycles. The van der Waals surface area contributed by atoms with Gasteiger partial charge in [-0.15, -0.1) is 0 Å². The molecule has 0 fully saturated rings. The quantitative estimate of drug-likeness (QED) is 0.395. The van der Waals surface area contributed by atoms with E-state index < -0.39 is 4.57 Å². The first-order chi connectivity index (χ1) is 2.77. The first-order valence-corrected chi connectivity index (χ1v) is 2.29. The first-order valence-electron chi connectivity index (χ1n) is 1.17. The van der Waals surface area contributed by atoms with Crippen molar-refractivity contribution in [3.05, 3.63) is 0 Å². The molecule has 6 heavy (non-hydrogen) atoms. The van der Waals surface area contributed by atoms with Gasteiger partial charge in [0.25, 0.3) is 0 Å². The lowest BCUT2D eigenvalue weighted by molar-refractivity contribution is 0.274. The van der Waals surface area contributed by atoms with Crippen molar-refractivity contribution in [2.24, 2.45) is 0 Å². The van der Waals surface area contributed by atoms with Crippen molar-refractivity contribution in [3.8, 4) is 0 Å². The van der Waals surface area contributed by atoms with Crippen molar-refractivity contribution in [2.45, 2.75) is 0 Å². The molecule has 0 aromatic heterocycles. The number of hydrogen-bond acceptors (Lipinski definition) is 3. The summed E-state index contributed by atoms with van der Waals surface area (Å²) in [5, 5.41) is 0. The summed E-state index contributed by atoms with van der Waals surface area (Å²) in [4.78, 5) is 9.65. The van der Waals surface area contributed by atoms with Crippen LogP contribution in [0.1, 0.15) is 0 Å². The first kappa shape index (κ1) is 6.27. The van der Waals surface area contributed by atoms with Gasteiger partial charge in [-0.1, -0.05) is 0 Å². The summed E-state index contributed by atoms with van der Waals surface area (Å²) in [6.45, 7) is 0. The van der Waals surface area contributed by atoms with Crippen LogP contribution in [0.3, 0.4) is 0 Å². The lowest BCUT2D eigenvalue weighted by Crippen LogP contribution is -1.70. The zero-order valence-electron chi connectivity index (χ0n) is 3.10. The van der Waals surface area contributed by atoms with E-state index in [0.717, 1.165) is 0 Å². The molecule has 2 nitrogen and oxygen atoms in total. The molecule has 0 heterocycles. The van der Waals surface area contributed by atoms with Crippen LogP contribution in [0.4, 0.5) is 4.79 Å². The Labute approximate surface area is 45.0 Å². The third-order valence-electron chi connectivity index (χ3n) is 0.149. The normalized spacial score (nSPS) is 8.33. The Kier molecular flexibility index (Phi) is 3.62. The van der Waals surface area contributed by atoms with Gasteiger partial charge < -0.3 is 4.18 Å². The van der Waals surface area contributed by atoms with Crippen LogP contribution >= 0.6 is 23.6 Å². The second kappa shape index (κ2) is 3.46. The lowest BCUT2D eigenvalue weighted by atomic mass is 11.8. The standard InChI is InChI=1S/C2H3ClO2S/c1-5-6-2(3)4/h1H3. The van der Waals surface area contributed by atoms with E-state index >= 15 is 0 Å². The second-order valence-corrected chi connectivity index (χ2v) is 1.93. The summed E-state index contributed by atoms with van der Waals surface area (Å²) < 4.78 is 3.69. The van der Waals surface area contributed by atoms with Gasteiger partial charge >= 0.3 is 4.57 Å². The summed E-state index contributed by atoms with van der Waals surface area (Å²) >= 11 is 5.39. The smallest absolute Gasteiger partial charge is 0.306 e. The molecule has 0 amide bonds. The van der Waals surface area contributed by atoms with Crippen molar-refractivity contribution in [3.63, 3.8) is 0 Å². The summed E-state index contributed by atoms with van der Waals surface area (Å²) in [7, 11) is 1.38. The van der Waals surface area contributed by atoms with Crippen LogP contribution in [0.5, 0.6) is 0 Å². The van der Waals surface area contributed by atoms with Crippen LogP contribution in [0.15, 0.2) is 0 Å². The van der Waals surface area contributed by atoms with Gasteiger partial charge in [-0.3, -0.25) is 4.79 Å². The highest BCUT2D eigenvalue weighted by molar-refractivity contribution is 8.12. The Balaban J connectivity index is 2.83. The Morgan fingerprint density at radius 3 is 2.50 bits per heavy atom. The molecule has 0 aliphatic rings. The van der Waals surface area contributed by atoms with Gasteiger partial charge in [-0.25, -0.2) is 0 Å². The molecule has 0 saturated carbocycles. The number of carbonyl (C=O) groups excluding carboxylic acids is 1. The largest absolute Gasteiger partial charge is 0.310 e. The molecule has 4 heteroatoms. The van der Waals surface area contributed by atoms with Crippen molar-refractivity contribution in [1.29, 1.82) is 0 Å². The van der Waals surface area contributed by atoms with Crippen LogP contribution in [0.25, 0.3) is 0 Å². The Hall–Kier alpha value is 0.270. The molecule has 0 aliphatic heterocycles. The predicted octanol–water partition coefficient (Wildman–Crippen LogP) is 1.64. The maximum atomic E-state index is 9.65. The van der Waals surface area contributed by atoms with Crippen LogP contribution in [-0.4, -0.2) is 11.7 Å².